The first-order valence-corrected chi connectivity index (χ1v) is 11.9. The van der Waals surface area contributed by atoms with Crippen molar-refractivity contribution in [3.8, 4) is 11.5 Å². The Labute approximate surface area is 211 Å². The zero-order chi connectivity index (χ0) is 25.5. The van der Waals surface area contributed by atoms with Gasteiger partial charge in [-0.05, 0) is 70.5 Å². The fourth-order valence-electron chi connectivity index (χ4n) is 3.56. The maximum Gasteiger partial charge on any atom is 0.258 e. The average Bonchev–Trinajstić information content (AvgIpc) is 3.07. The third-order valence-corrected chi connectivity index (χ3v) is 6.02. The molecule has 3 rings (SSSR count). The van der Waals surface area contributed by atoms with Crippen LogP contribution >= 0.6 is 11.6 Å². The van der Waals surface area contributed by atoms with Gasteiger partial charge in [-0.15, -0.1) is 0 Å². The molecule has 2 N–H and O–H groups in total. The average molecular weight is 498 g/mol. The van der Waals surface area contributed by atoms with Gasteiger partial charge in [0.1, 0.15) is 0 Å². The Morgan fingerprint density at radius 2 is 1.80 bits per heavy atom. The van der Waals surface area contributed by atoms with Crippen LogP contribution in [0.4, 0.5) is 5.69 Å². The molecule has 1 heterocycles. The van der Waals surface area contributed by atoms with E-state index in [-0.39, 0.29) is 5.91 Å². The van der Waals surface area contributed by atoms with Crippen molar-refractivity contribution < 1.29 is 14.3 Å². The summed E-state index contributed by atoms with van der Waals surface area (Å²) >= 11 is 6.30. The van der Waals surface area contributed by atoms with Gasteiger partial charge < -0.3 is 14.8 Å². The first kappa shape index (κ1) is 26.1. The molecule has 0 fully saturated rings. The van der Waals surface area contributed by atoms with Gasteiger partial charge in [-0.2, -0.15) is 5.10 Å². The second-order valence-electron chi connectivity index (χ2n) is 7.96. The predicted molar refractivity (Wildman–Crippen MR) is 140 cm³/mol. The van der Waals surface area contributed by atoms with E-state index in [9.17, 15) is 4.79 Å². The Bertz CT molecular complexity index is 1240. The number of aryl methyl sites for hydroxylation is 2. The zero-order valence-electron chi connectivity index (χ0n) is 21.0. The van der Waals surface area contributed by atoms with Crippen molar-refractivity contribution in [2.75, 3.05) is 18.5 Å². The van der Waals surface area contributed by atoms with E-state index in [0.29, 0.717) is 47.8 Å². The van der Waals surface area contributed by atoms with Crippen LogP contribution in [0, 0.1) is 20.8 Å². The van der Waals surface area contributed by atoms with Crippen molar-refractivity contribution in [3.63, 3.8) is 0 Å². The van der Waals surface area contributed by atoms with Crippen LogP contribution < -0.4 is 20.1 Å². The molecule has 0 bridgehead atoms. The molecule has 9 heteroatoms. The van der Waals surface area contributed by atoms with E-state index in [1.165, 1.54) is 0 Å². The van der Waals surface area contributed by atoms with E-state index >= 15 is 0 Å². The fourth-order valence-corrected chi connectivity index (χ4v) is 3.73. The Morgan fingerprint density at radius 3 is 2.46 bits per heavy atom. The minimum atomic E-state index is -0.334. The van der Waals surface area contributed by atoms with Gasteiger partial charge in [0.05, 0.1) is 25.5 Å². The molecule has 0 aliphatic rings. The number of ether oxygens (including phenoxy) is 2. The largest absolute Gasteiger partial charge is 0.490 e. The molecule has 35 heavy (non-hydrogen) atoms. The molecule has 0 atom stereocenters. The summed E-state index contributed by atoms with van der Waals surface area (Å²) in [6.07, 6.45) is 0. The smallest absolute Gasteiger partial charge is 0.258 e. The highest BCUT2D eigenvalue weighted by atomic mass is 35.5. The van der Waals surface area contributed by atoms with E-state index in [0.717, 1.165) is 28.2 Å². The molecule has 0 aliphatic carbocycles. The highest BCUT2D eigenvalue weighted by Crippen LogP contribution is 2.28. The van der Waals surface area contributed by atoms with Gasteiger partial charge in [0.15, 0.2) is 11.5 Å². The zero-order valence-corrected chi connectivity index (χ0v) is 21.8. The second-order valence-corrected chi connectivity index (χ2v) is 8.36. The van der Waals surface area contributed by atoms with Gasteiger partial charge in [0.25, 0.3) is 5.91 Å². The number of carbonyl (C=O) groups excluding carboxylic acids is 1. The molecule has 0 unspecified atom stereocenters. The number of halogens is 1. The number of benzene rings is 2. The molecule has 1 amide bonds. The van der Waals surface area contributed by atoms with Crippen LogP contribution in [0.2, 0.25) is 5.02 Å². The summed E-state index contributed by atoms with van der Waals surface area (Å²) in [6, 6.07) is 10.6. The maximum atomic E-state index is 13.2. The molecule has 8 nitrogen and oxygen atoms in total. The Balaban J connectivity index is 1.91. The lowest BCUT2D eigenvalue weighted by Crippen LogP contribution is -2.36. The highest BCUT2D eigenvalue weighted by Gasteiger charge is 2.16. The van der Waals surface area contributed by atoms with Crippen molar-refractivity contribution in [2.24, 2.45) is 12.0 Å². The first-order chi connectivity index (χ1) is 16.7. The van der Waals surface area contributed by atoms with Crippen LogP contribution in [-0.4, -0.2) is 34.9 Å². The van der Waals surface area contributed by atoms with Crippen LogP contribution in [0.3, 0.4) is 0 Å². The fraction of sp³-hybridized carbons (Fsp3) is 0.346. The number of guanidine groups is 1. The highest BCUT2D eigenvalue weighted by molar-refractivity contribution is 6.31. The molecule has 3 aromatic rings. The lowest BCUT2D eigenvalue weighted by atomic mass is 10.2. The second kappa shape index (κ2) is 11.8. The van der Waals surface area contributed by atoms with E-state index in [1.54, 1.807) is 18.2 Å². The van der Waals surface area contributed by atoms with Gasteiger partial charge in [-0.25, -0.2) is 4.99 Å². The summed E-state index contributed by atoms with van der Waals surface area (Å²) in [6.45, 7) is 10.9. The monoisotopic (exact) mass is 497 g/mol. The molecular weight excluding hydrogens is 466 g/mol. The molecule has 0 spiro atoms. The third-order valence-electron chi connectivity index (χ3n) is 5.61. The van der Waals surface area contributed by atoms with Crippen molar-refractivity contribution in [2.45, 2.75) is 41.2 Å². The third kappa shape index (κ3) is 6.33. The molecular formula is C26H32ClN5O3. The molecule has 0 aliphatic heterocycles. The van der Waals surface area contributed by atoms with Gasteiger partial charge in [0.2, 0.25) is 5.96 Å². The Hall–Kier alpha value is -3.52. The number of nitrogens with one attached hydrogen (secondary N) is 2. The van der Waals surface area contributed by atoms with Crippen LogP contribution in [0.5, 0.6) is 11.5 Å². The first-order valence-electron chi connectivity index (χ1n) is 11.5. The number of hydrogen-bond acceptors (Lipinski definition) is 5. The van der Waals surface area contributed by atoms with E-state index in [1.807, 2.05) is 64.5 Å². The van der Waals surface area contributed by atoms with Crippen LogP contribution in [0.15, 0.2) is 41.4 Å². The van der Waals surface area contributed by atoms with Crippen LogP contribution in [0.25, 0.3) is 0 Å². The van der Waals surface area contributed by atoms with Crippen molar-refractivity contribution in [1.29, 1.82) is 0 Å². The maximum absolute atomic E-state index is 13.2. The standard InChI is InChI=1S/C26H32ClN5O3/c1-7-34-23-13-12-19(14-24(23)35-8-2)25(33)30-26(29-22-11-9-10-21(27)16(22)3)28-15-20-17(4)31-32(6)18(20)5/h9-14H,7-8,15H2,1-6H3,(H2,28,29,30,33). The van der Waals surface area contributed by atoms with E-state index in [2.05, 4.69) is 20.7 Å². The molecule has 2 aromatic carbocycles. The summed E-state index contributed by atoms with van der Waals surface area (Å²) < 4.78 is 13.1. The van der Waals surface area contributed by atoms with Crippen LogP contribution in [-0.2, 0) is 13.6 Å². The number of nitrogens with zero attached hydrogens (tertiary/aromatic N) is 3. The van der Waals surface area contributed by atoms with Crippen molar-refractivity contribution in [1.82, 2.24) is 15.1 Å². The van der Waals surface area contributed by atoms with E-state index in [4.69, 9.17) is 21.1 Å². The van der Waals surface area contributed by atoms with Gasteiger partial charge in [0, 0.05) is 34.6 Å². The number of aromatic nitrogens is 2. The molecule has 186 valence electrons. The van der Waals surface area contributed by atoms with Crippen molar-refractivity contribution >= 4 is 29.2 Å². The summed E-state index contributed by atoms with van der Waals surface area (Å²) in [5, 5.41) is 11.2. The summed E-state index contributed by atoms with van der Waals surface area (Å²) in [7, 11) is 1.90. The SMILES string of the molecule is CCOc1ccc(C(=O)NC(=NCc2c(C)nn(C)c2C)Nc2cccc(Cl)c2C)cc1OCC. The number of carbonyl (C=O) groups is 1. The van der Waals surface area contributed by atoms with Gasteiger partial charge >= 0.3 is 0 Å². The summed E-state index contributed by atoms with van der Waals surface area (Å²) in [4.78, 5) is 17.9. The lowest BCUT2D eigenvalue weighted by Gasteiger charge is -2.15. The number of aliphatic imine (C=N–C) groups is 1. The van der Waals surface area contributed by atoms with Crippen LogP contribution in [0.1, 0.15) is 46.7 Å². The summed E-state index contributed by atoms with van der Waals surface area (Å²) in [5.41, 5.74) is 4.93. The molecule has 1 aromatic heterocycles. The molecule has 0 radical (unpaired) electrons. The van der Waals surface area contributed by atoms with Gasteiger partial charge in [-0.3, -0.25) is 14.8 Å². The summed E-state index contributed by atoms with van der Waals surface area (Å²) in [5.74, 6) is 1.07. The normalized spacial score (nSPS) is 11.3. The minimum absolute atomic E-state index is 0.301. The quantitative estimate of drug-likeness (QED) is 0.330. The number of amides is 1. The minimum Gasteiger partial charge on any atom is -0.490 e. The predicted octanol–water partition coefficient (Wildman–Crippen LogP) is 5.19. The molecule has 0 saturated carbocycles. The lowest BCUT2D eigenvalue weighted by molar-refractivity contribution is 0.0976. The van der Waals surface area contributed by atoms with E-state index < -0.39 is 0 Å². The van der Waals surface area contributed by atoms with Gasteiger partial charge in [-0.1, -0.05) is 17.7 Å². The topological polar surface area (TPSA) is 89.8 Å². The van der Waals surface area contributed by atoms with Crippen molar-refractivity contribution in [3.05, 3.63) is 69.5 Å². The number of anilines is 1. The Kier molecular flexibility index (Phi) is 8.76. The number of hydrogen-bond donors (Lipinski definition) is 2. The molecule has 0 saturated heterocycles. The Morgan fingerprint density at radius 1 is 1.09 bits per heavy atom. The number of rotatable bonds is 8.